The normalized spacial score (nSPS) is 12.8. The maximum absolute atomic E-state index is 9.62. The van der Waals surface area contributed by atoms with Gasteiger partial charge in [0.25, 0.3) is 0 Å². The van der Waals surface area contributed by atoms with Crippen LogP contribution in [0, 0.1) is 6.92 Å². The van der Waals surface area contributed by atoms with Gasteiger partial charge in [0.1, 0.15) is 0 Å². The molecule has 1 heterocycles. The summed E-state index contributed by atoms with van der Waals surface area (Å²) in [4.78, 5) is 4.11. The molecule has 0 spiro atoms. The molecule has 1 rings (SSSR count). The van der Waals surface area contributed by atoms with Crippen LogP contribution in [-0.2, 0) is 4.74 Å². The quantitative estimate of drug-likeness (QED) is 0.764. The van der Waals surface area contributed by atoms with E-state index in [1.807, 2.05) is 19.1 Å². The van der Waals surface area contributed by atoms with Crippen LogP contribution in [0.2, 0.25) is 0 Å². The number of aliphatic hydroxyl groups excluding tert-OH is 1. The minimum atomic E-state index is -0.465. The van der Waals surface area contributed by atoms with E-state index in [2.05, 4.69) is 4.98 Å². The van der Waals surface area contributed by atoms with E-state index >= 15 is 0 Å². The van der Waals surface area contributed by atoms with Crippen LogP contribution in [0.15, 0.2) is 18.3 Å². The number of methoxy groups -OCH3 is 1. The maximum atomic E-state index is 9.62. The van der Waals surface area contributed by atoms with Gasteiger partial charge in [0.05, 0.1) is 6.10 Å². The average molecular weight is 181 g/mol. The smallest absolute Gasteiger partial charge is 0.0826 e. The zero-order valence-electron chi connectivity index (χ0n) is 8.03. The van der Waals surface area contributed by atoms with Crippen LogP contribution in [0.1, 0.15) is 23.8 Å². The van der Waals surface area contributed by atoms with Crippen molar-refractivity contribution in [2.24, 2.45) is 0 Å². The molecule has 0 saturated heterocycles. The van der Waals surface area contributed by atoms with Gasteiger partial charge in [-0.2, -0.15) is 0 Å². The molecule has 0 bridgehead atoms. The lowest BCUT2D eigenvalue weighted by atomic mass is 10.1. The van der Waals surface area contributed by atoms with Crippen molar-refractivity contribution in [3.05, 3.63) is 29.6 Å². The lowest BCUT2D eigenvalue weighted by Crippen LogP contribution is -2.02. The lowest BCUT2D eigenvalue weighted by Gasteiger charge is -2.09. The van der Waals surface area contributed by atoms with Gasteiger partial charge in [-0.05, 0) is 18.6 Å². The highest BCUT2D eigenvalue weighted by Gasteiger charge is 2.06. The van der Waals surface area contributed by atoms with Crippen LogP contribution in [-0.4, -0.2) is 23.8 Å². The number of rotatable bonds is 4. The standard InChI is InChI=1S/C10H15NO2/c1-8-3-4-9(7-11-8)10(12)5-6-13-2/h3-4,7,10,12H,5-6H2,1-2H3. The van der Waals surface area contributed by atoms with Gasteiger partial charge in [-0.1, -0.05) is 6.07 Å². The van der Waals surface area contributed by atoms with Crippen molar-refractivity contribution >= 4 is 0 Å². The first-order valence-electron chi connectivity index (χ1n) is 4.33. The van der Waals surface area contributed by atoms with Crippen LogP contribution in [0.3, 0.4) is 0 Å². The van der Waals surface area contributed by atoms with Gasteiger partial charge in [-0.25, -0.2) is 0 Å². The van der Waals surface area contributed by atoms with Gasteiger partial charge in [-0.3, -0.25) is 4.98 Å². The fraction of sp³-hybridized carbons (Fsp3) is 0.500. The third kappa shape index (κ3) is 3.13. The summed E-state index contributed by atoms with van der Waals surface area (Å²) >= 11 is 0. The molecule has 0 saturated carbocycles. The number of aryl methyl sites for hydroxylation is 1. The van der Waals surface area contributed by atoms with E-state index in [0.717, 1.165) is 11.3 Å². The zero-order chi connectivity index (χ0) is 9.68. The van der Waals surface area contributed by atoms with E-state index in [1.54, 1.807) is 13.3 Å². The third-order valence-electron chi connectivity index (χ3n) is 1.91. The monoisotopic (exact) mass is 181 g/mol. The zero-order valence-corrected chi connectivity index (χ0v) is 8.03. The Hall–Kier alpha value is -0.930. The average Bonchev–Trinajstić information content (AvgIpc) is 2.15. The third-order valence-corrected chi connectivity index (χ3v) is 1.91. The summed E-state index contributed by atoms with van der Waals surface area (Å²) < 4.78 is 4.88. The summed E-state index contributed by atoms with van der Waals surface area (Å²) in [5, 5.41) is 9.62. The van der Waals surface area contributed by atoms with Crippen LogP contribution < -0.4 is 0 Å². The summed E-state index contributed by atoms with van der Waals surface area (Å²) in [5.41, 5.74) is 1.81. The van der Waals surface area contributed by atoms with Gasteiger partial charge in [-0.15, -0.1) is 0 Å². The van der Waals surface area contributed by atoms with Crippen LogP contribution >= 0.6 is 0 Å². The van der Waals surface area contributed by atoms with Gasteiger partial charge in [0.15, 0.2) is 0 Å². The van der Waals surface area contributed by atoms with Crippen LogP contribution in [0.4, 0.5) is 0 Å². The second-order valence-electron chi connectivity index (χ2n) is 3.03. The molecular weight excluding hydrogens is 166 g/mol. The molecular formula is C10H15NO2. The number of hydrogen-bond acceptors (Lipinski definition) is 3. The minimum Gasteiger partial charge on any atom is -0.388 e. The van der Waals surface area contributed by atoms with Crippen molar-refractivity contribution in [3.63, 3.8) is 0 Å². The van der Waals surface area contributed by atoms with Crippen molar-refractivity contribution in [3.8, 4) is 0 Å². The summed E-state index contributed by atoms with van der Waals surface area (Å²) in [6, 6.07) is 3.79. The Morgan fingerprint density at radius 2 is 2.31 bits per heavy atom. The van der Waals surface area contributed by atoms with Gasteiger partial charge in [0, 0.05) is 32.0 Å². The molecule has 3 nitrogen and oxygen atoms in total. The molecule has 0 aliphatic rings. The molecule has 13 heavy (non-hydrogen) atoms. The Balaban J connectivity index is 2.55. The van der Waals surface area contributed by atoms with E-state index in [4.69, 9.17) is 4.74 Å². The Kier molecular flexibility index (Phi) is 3.86. The van der Waals surface area contributed by atoms with Gasteiger partial charge < -0.3 is 9.84 Å². The SMILES string of the molecule is COCCC(O)c1ccc(C)nc1. The Bertz CT molecular complexity index is 246. The van der Waals surface area contributed by atoms with Crippen molar-refractivity contribution in [1.82, 2.24) is 4.98 Å². The fourth-order valence-electron chi connectivity index (χ4n) is 1.07. The summed E-state index contributed by atoms with van der Waals surface area (Å²) in [6.07, 6.45) is 1.85. The number of nitrogens with zero attached hydrogens (tertiary/aromatic N) is 1. The number of hydrogen-bond donors (Lipinski definition) is 1. The Morgan fingerprint density at radius 3 is 2.85 bits per heavy atom. The highest BCUT2D eigenvalue weighted by molar-refractivity contribution is 5.15. The number of ether oxygens (including phenoxy) is 1. The largest absolute Gasteiger partial charge is 0.388 e. The molecule has 1 unspecified atom stereocenters. The molecule has 1 atom stereocenters. The maximum Gasteiger partial charge on any atom is 0.0826 e. The minimum absolute atomic E-state index is 0.465. The summed E-state index contributed by atoms with van der Waals surface area (Å²) in [5.74, 6) is 0. The molecule has 1 aromatic heterocycles. The highest BCUT2D eigenvalue weighted by Crippen LogP contribution is 2.15. The fourth-order valence-corrected chi connectivity index (χ4v) is 1.07. The lowest BCUT2D eigenvalue weighted by molar-refractivity contribution is 0.110. The highest BCUT2D eigenvalue weighted by atomic mass is 16.5. The number of aliphatic hydroxyl groups is 1. The molecule has 0 aliphatic heterocycles. The first-order valence-corrected chi connectivity index (χ1v) is 4.33. The van der Waals surface area contributed by atoms with Crippen LogP contribution in [0.5, 0.6) is 0 Å². The topological polar surface area (TPSA) is 42.4 Å². The second kappa shape index (κ2) is 4.94. The van der Waals surface area contributed by atoms with E-state index < -0.39 is 6.10 Å². The number of aromatic nitrogens is 1. The molecule has 0 radical (unpaired) electrons. The molecule has 72 valence electrons. The van der Waals surface area contributed by atoms with Crippen molar-refractivity contribution in [2.45, 2.75) is 19.4 Å². The van der Waals surface area contributed by atoms with Crippen LogP contribution in [0.25, 0.3) is 0 Å². The van der Waals surface area contributed by atoms with E-state index in [-0.39, 0.29) is 0 Å². The second-order valence-corrected chi connectivity index (χ2v) is 3.03. The Morgan fingerprint density at radius 1 is 1.54 bits per heavy atom. The number of pyridine rings is 1. The summed E-state index contributed by atoms with van der Waals surface area (Å²) in [7, 11) is 1.63. The molecule has 1 N–H and O–H groups in total. The van der Waals surface area contributed by atoms with Gasteiger partial charge in [0.2, 0.25) is 0 Å². The molecule has 0 aliphatic carbocycles. The van der Waals surface area contributed by atoms with Crippen molar-refractivity contribution < 1.29 is 9.84 Å². The molecule has 0 amide bonds. The molecule has 0 aromatic carbocycles. The van der Waals surface area contributed by atoms with E-state index in [0.29, 0.717) is 13.0 Å². The summed E-state index contributed by atoms with van der Waals surface area (Å²) in [6.45, 7) is 2.49. The first-order chi connectivity index (χ1) is 6.24. The predicted octanol–water partition coefficient (Wildman–Crippen LogP) is 1.46. The van der Waals surface area contributed by atoms with Gasteiger partial charge >= 0.3 is 0 Å². The molecule has 0 fully saturated rings. The Labute approximate surface area is 78.4 Å². The van der Waals surface area contributed by atoms with E-state index in [9.17, 15) is 5.11 Å². The predicted molar refractivity (Wildman–Crippen MR) is 50.4 cm³/mol. The first kappa shape index (κ1) is 10.2. The molecule has 1 aromatic rings. The van der Waals surface area contributed by atoms with Crippen molar-refractivity contribution in [1.29, 1.82) is 0 Å². The van der Waals surface area contributed by atoms with E-state index in [1.165, 1.54) is 0 Å². The molecule has 3 heteroatoms. The van der Waals surface area contributed by atoms with Crippen molar-refractivity contribution in [2.75, 3.05) is 13.7 Å².